The Bertz CT molecular complexity index is 1080. The molecule has 1 saturated heterocycles. The summed E-state index contributed by atoms with van der Waals surface area (Å²) < 4.78 is 20.2. The molecule has 33 heavy (non-hydrogen) atoms. The van der Waals surface area contributed by atoms with Crippen LogP contribution in [0.2, 0.25) is 5.02 Å². The van der Waals surface area contributed by atoms with E-state index in [9.17, 15) is 9.18 Å². The van der Waals surface area contributed by atoms with Crippen molar-refractivity contribution in [1.82, 2.24) is 19.8 Å². The number of aromatic nitrogens is 2. The Labute approximate surface area is 198 Å². The molecule has 1 aromatic carbocycles. The van der Waals surface area contributed by atoms with E-state index in [0.717, 1.165) is 32.5 Å². The van der Waals surface area contributed by atoms with E-state index in [2.05, 4.69) is 21.8 Å². The molecule has 1 fully saturated rings. The SMILES string of the molecule is CCN1CCC(Oc2cc(F)ccc2C(=O)N2CC(N)=C(c3nc(C)c(Cl)c(C)n3)C2)CC1. The summed E-state index contributed by atoms with van der Waals surface area (Å²) >= 11 is 6.19. The number of rotatable bonds is 5. The molecule has 2 aromatic rings. The fourth-order valence-electron chi connectivity index (χ4n) is 4.31. The average Bonchev–Trinajstić information content (AvgIpc) is 3.19. The Hall–Kier alpha value is -2.71. The first-order valence-corrected chi connectivity index (χ1v) is 11.6. The molecule has 7 nitrogen and oxygen atoms in total. The maximum atomic E-state index is 14.0. The van der Waals surface area contributed by atoms with Crippen molar-refractivity contribution in [2.75, 3.05) is 32.7 Å². The van der Waals surface area contributed by atoms with Crippen LogP contribution in [0.4, 0.5) is 4.39 Å². The highest BCUT2D eigenvalue weighted by Gasteiger charge is 2.30. The minimum atomic E-state index is -0.437. The predicted molar refractivity (Wildman–Crippen MR) is 126 cm³/mol. The summed E-state index contributed by atoms with van der Waals surface area (Å²) in [5.74, 6) is 0.0426. The number of piperidine rings is 1. The van der Waals surface area contributed by atoms with Gasteiger partial charge in [-0.05, 0) is 45.4 Å². The van der Waals surface area contributed by atoms with Gasteiger partial charge in [-0.2, -0.15) is 0 Å². The van der Waals surface area contributed by atoms with Gasteiger partial charge in [0.05, 0.1) is 35.1 Å². The van der Waals surface area contributed by atoms with E-state index >= 15 is 0 Å². The lowest BCUT2D eigenvalue weighted by atomic mass is 10.1. The predicted octanol–water partition coefficient (Wildman–Crippen LogP) is 3.57. The molecule has 0 atom stereocenters. The highest BCUT2D eigenvalue weighted by atomic mass is 35.5. The Morgan fingerprint density at radius 2 is 1.88 bits per heavy atom. The second kappa shape index (κ2) is 9.65. The van der Waals surface area contributed by atoms with E-state index in [-0.39, 0.29) is 30.9 Å². The summed E-state index contributed by atoms with van der Waals surface area (Å²) in [7, 11) is 0. The number of nitrogens with two attached hydrogens (primary N) is 1. The summed E-state index contributed by atoms with van der Waals surface area (Å²) in [6.45, 7) is 9.10. The van der Waals surface area contributed by atoms with Crippen LogP contribution in [0, 0.1) is 19.7 Å². The second-order valence-corrected chi connectivity index (χ2v) is 8.97. The van der Waals surface area contributed by atoms with Crippen LogP contribution in [-0.2, 0) is 0 Å². The van der Waals surface area contributed by atoms with Crippen LogP contribution in [0.1, 0.15) is 47.3 Å². The lowest BCUT2D eigenvalue weighted by Crippen LogP contribution is -2.38. The van der Waals surface area contributed by atoms with Gasteiger partial charge in [-0.1, -0.05) is 18.5 Å². The number of halogens is 2. The maximum absolute atomic E-state index is 14.0. The fourth-order valence-corrected chi connectivity index (χ4v) is 4.39. The van der Waals surface area contributed by atoms with Crippen LogP contribution in [-0.4, -0.2) is 64.5 Å². The van der Waals surface area contributed by atoms with Crippen LogP contribution >= 0.6 is 11.6 Å². The minimum absolute atomic E-state index is 0.0492. The zero-order valence-corrected chi connectivity index (χ0v) is 20.0. The van der Waals surface area contributed by atoms with Crippen molar-refractivity contribution in [2.24, 2.45) is 5.73 Å². The van der Waals surface area contributed by atoms with E-state index in [1.165, 1.54) is 18.2 Å². The van der Waals surface area contributed by atoms with E-state index in [4.69, 9.17) is 22.1 Å². The topological polar surface area (TPSA) is 84.6 Å². The van der Waals surface area contributed by atoms with E-state index in [1.807, 2.05) is 13.8 Å². The molecule has 0 unspecified atom stereocenters. The first kappa shape index (κ1) is 23.4. The Morgan fingerprint density at radius 1 is 1.21 bits per heavy atom. The summed E-state index contributed by atoms with van der Waals surface area (Å²) in [5.41, 5.74) is 9.14. The number of nitrogens with zero attached hydrogens (tertiary/aromatic N) is 4. The molecule has 0 bridgehead atoms. The number of hydrogen-bond donors (Lipinski definition) is 1. The number of carbonyl (C=O) groups excluding carboxylic acids is 1. The number of hydrogen-bond acceptors (Lipinski definition) is 6. The largest absolute Gasteiger partial charge is 0.489 e. The van der Waals surface area contributed by atoms with E-state index < -0.39 is 5.82 Å². The van der Waals surface area contributed by atoms with Crippen molar-refractivity contribution in [3.8, 4) is 5.75 Å². The molecular weight excluding hydrogens is 445 g/mol. The van der Waals surface area contributed by atoms with Gasteiger partial charge >= 0.3 is 0 Å². The molecule has 1 aromatic heterocycles. The Morgan fingerprint density at radius 3 is 2.52 bits per heavy atom. The zero-order valence-electron chi connectivity index (χ0n) is 19.2. The Kier molecular flexibility index (Phi) is 6.86. The smallest absolute Gasteiger partial charge is 0.258 e. The van der Waals surface area contributed by atoms with Crippen LogP contribution in [0.15, 0.2) is 23.9 Å². The molecule has 176 valence electrons. The summed E-state index contributed by atoms with van der Waals surface area (Å²) in [5, 5.41) is 0.515. The molecule has 0 aliphatic carbocycles. The first-order chi connectivity index (χ1) is 15.8. The van der Waals surface area contributed by atoms with Gasteiger partial charge in [0.1, 0.15) is 17.7 Å². The molecule has 9 heteroatoms. The van der Waals surface area contributed by atoms with Crippen molar-refractivity contribution >= 4 is 23.1 Å². The van der Waals surface area contributed by atoms with Crippen molar-refractivity contribution < 1.29 is 13.9 Å². The van der Waals surface area contributed by atoms with Gasteiger partial charge in [0.2, 0.25) is 0 Å². The van der Waals surface area contributed by atoms with Crippen LogP contribution < -0.4 is 10.5 Å². The van der Waals surface area contributed by atoms with Gasteiger partial charge < -0.3 is 20.3 Å². The molecule has 2 N–H and O–H groups in total. The van der Waals surface area contributed by atoms with Gasteiger partial charge in [-0.3, -0.25) is 4.79 Å². The standard InChI is InChI=1S/C24H29ClFN5O2/c1-4-30-9-7-17(8-10-30)33-21-11-16(26)5-6-18(21)24(32)31-12-19(20(27)13-31)23-28-14(2)22(25)15(3)29-23/h5-6,11,17H,4,7-10,12-13,27H2,1-3H3. The molecule has 0 spiro atoms. The highest BCUT2D eigenvalue weighted by Crippen LogP contribution is 2.30. The van der Waals surface area contributed by atoms with Crippen molar-refractivity contribution in [1.29, 1.82) is 0 Å². The minimum Gasteiger partial charge on any atom is -0.489 e. The monoisotopic (exact) mass is 473 g/mol. The molecule has 4 rings (SSSR count). The number of amides is 1. The third-order valence-electron chi connectivity index (χ3n) is 6.29. The average molecular weight is 474 g/mol. The summed E-state index contributed by atoms with van der Waals surface area (Å²) in [4.78, 5) is 26.3. The van der Waals surface area contributed by atoms with E-state index in [1.54, 1.807) is 4.90 Å². The third-order valence-corrected chi connectivity index (χ3v) is 6.83. The third kappa shape index (κ3) is 4.96. The second-order valence-electron chi connectivity index (χ2n) is 8.59. The molecule has 0 radical (unpaired) electrons. The maximum Gasteiger partial charge on any atom is 0.258 e. The quantitative estimate of drug-likeness (QED) is 0.714. The van der Waals surface area contributed by atoms with Crippen LogP contribution in [0.3, 0.4) is 0 Å². The van der Waals surface area contributed by atoms with Gasteiger partial charge in [0.15, 0.2) is 5.82 Å². The van der Waals surface area contributed by atoms with Crippen molar-refractivity contribution in [2.45, 2.75) is 39.7 Å². The number of carbonyl (C=O) groups is 1. The molecular formula is C24H29ClFN5O2. The van der Waals surface area contributed by atoms with Gasteiger partial charge in [-0.25, -0.2) is 14.4 Å². The number of benzene rings is 1. The lowest BCUT2D eigenvalue weighted by molar-refractivity contribution is 0.0775. The van der Waals surface area contributed by atoms with Crippen molar-refractivity contribution in [3.63, 3.8) is 0 Å². The van der Waals surface area contributed by atoms with E-state index in [0.29, 0.717) is 39.1 Å². The number of aryl methyl sites for hydroxylation is 2. The highest BCUT2D eigenvalue weighted by molar-refractivity contribution is 6.31. The summed E-state index contributed by atoms with van der Waals surface area (Å²) in [6, 6.07) is 4.06. The first-order valence-electron chi connectivity index (χ1n) is 11.2. The van der Waals surface area contributed by atoms with Crippen LogP contribution in [0.5, 0.6) is 5.75 Å². The number of likely N-dealkylation sites (tertiary alicyclic amines) is 1. The normalized spacial score (nSPS) is 17.7. The molecule has 2 aliphatic rings. The summed E-state index contributed by atoms with van der Waals surface area (Å²) in [6.07, 6.45) is 1.63. The Balaban J connectivity index is 1.52. The molecule has 2 aliphatic heterocycles. The molecule has 0 saturated carbocycles. The van der Waals surface area contributed by atoms with Gasteiger partial charge in [0.25, 0.3) is 5.91 Å². The molecule has 1 amide bonds. The van der Waals surface area contributed by atoms with Gasteiger partial charge in [-0.15, -0.1) is 0 Å². The zero-order chi connectivity index (χ0) is 23.7. The number of ether oxygens (including phenoxy) is 1. The van der Waals surface area contributed by atoms with Crippen molar-refractivity contribution in [3.05, 3.63) is 57.5 Å². The fraction of sp³-hybridized carbons (Fsp3) is 0.458. The van der Waals surface area contributed by atoms with Crippen LogP contribution in [0.25, 0.3) is 5.57 Å². The molecule has 3 heterocycles. The lowest BCUT2D eigenvalue weighted by Gasteiger charge is -2.31. The van der Waals surface area contributed by atoms with Gasteiger partial charge in [0, 0.05) is 30.4 Å².